The molecule has 23 heavy (non-hydrogen) atoms. The van der Waals surface area contributed by atoms with E-state index in [1.54, 1.807) is 6.08 Å². The molecule has 0 atom stereocenters. The van der Waals surface area contributed by atoms with Crippen molar-refractivity contribution >= 4 is 11.9 Å². The summed E-state index contributed by atoms with van der Waals surface area (Å²) in [6.45, 7) is 3.71. The highest BCUT2D eigenvalue weighted by Gasteiger charge is 2.40. The van der Waals surface area contributed by atoms with Crippen molar-refractivity contribution in [3.8, 4) is 0 Å². The fourth-order valence-electron chi connectivity index (χ4n) is 2.81. The number of rotatable bonds is 5. The first-order valence-electron chi connectivity index (χ1n) is 7.75. The zero-order valence-electron chi connectivity index (χ0n) is 13.5. The van der Waals surface area contributed by atoms with Crippen LogP contribution in [0, 0.1) is 0 Å². The number of allylic oxidation sites excluding steroid dienone is 3. The summed E-state index contributed by atoms with van der Waals surface area (Å²) in [7, 11) is 0. The Kier molecular flexibility index (Phi) is 5.43. The third-order valence-electron chi connectivity index (χ3n) is 3.77. The van der Waals surface area contributed by atoms with Gasteiger partial charge in [-0.25, -0.2) is 9.59 Å². The number of carbonyl (C=O) groups is 2. The molecule has 0 saturated carbocycles. The van der Waals surface area contributed by atoms with E-state index in [0.29, 0.717) is 25.1 Å². The molecule has 1 fully saturated rings. The van der Waals surface area contributed by atoms with Gasteiger partial charge in [0.2, 0.25) is 0 Å². The number of hydrogen-bond donors (Lipinski definition) is 2. The summed E-state index contributed by atoms with van der Waals surface area (Å²) in [6, 6.07) is 0. The van der Waals surface area contributed by atoms with Crippen molar-refractivity contribution in [1.82, 2.24) is 4.90 Å². The molecule has 2 N–H and O–H groups in total. The molecule has 0 aromatic rings. The smallest absolute Gasteiger partial charge is 0.349 e. The number of aliphatic hydroxyl groups excluding tert-OH is 2. The number of ether oxygens (including phenoxy) is 2. The molecule has 1 saturated heterocycles. The second kappa shape index (κ2) is 7.14. The van der Waals surface area contributed by atoms with E-state index in [1.807, 2.05) is 4.90 Å². The Bertz CT molecular complexity index is 521. The van der Waals surface area contributed by atoms with Crippen molar-refractivity contribution in [3.05, 3.63) is 22.9 Å². The van der Waals surface area contributed by atoms with E-state index < -0.39 is 17.7 Å². The molecule has 1 aliphatic heterocycles. The van der Waals surface area contributed by atoms with Gasteiger partial charge in [-0.05, 0) is 30.9 Å². The number of aliphatic hydroxyl groups is 2. The van der Waals surface area contributed by atoms with Gasteiger partial charge in [0.1, 0.15) is 5.57 Å². The molecule has 1 aliphatic carbocycles. The Morgan fingerprint density at radius 2 is 1.65 bits per heavy atom. The Hall–Kier alpha value is -1.86. The van der Waals surface area contributed by atoms with Crippen LogP contribution in [0.3, 0.4) is 0 Å². The third-order valence-corrected chi connectivity index (χ3v) is 3.77. The molecular formula is C16H23NO6. The van der Waals surface area contributed by atoms with Crippen molar-refractivity contribution in [2.75, 3.05) is 26.3 Å². The second-order valence-corrected chi connectivity index (χ2v) is 6.00. The zero-order chi connectivity index (χ0) is 17.0. The van der Waals surface area contributed by atoms with Gasteiger partial charge in [-0.15, -0.1) is 0 Å². The predicted molar refractivity (Wildman–Crippen MR) is 81.0 cm³/mol. The number of nitrogens with zero attached hydrogens (tertiary/aromatic N) is 1. The minimum atomic E-state index is -1.25. The number of hydrogen-bond acceptors (Lipinski definition) is 7. The average molecular weight is 325 g/mol. The fraction of sp³-hybridized carbons (Fsp3) is 0.625. The molecule has 0 aromatic carbocycles. The van der Waals surface area contributed by atoms with Crippen LogP contribution in [0.4, 0.5) is 0 Å². The van der Waals surface area contributed by atoms with Gasteiger partial charge in [0, 0.05) is 32.6 Å². The molecule has 2 rings (SSSR count). The van der Waals surface area contributed by atoms with Crippen LogP contribution in [0.2, 0.25) is 0 Å². The molecule has 1 heterocycles. The maximum atomic E-state index is 12.1. The Labute approximate surface area is 135 Å². The minimum absolute atomic E-state index is 0.0402. The SMILES string of the molecule is CC1(C)OC(=O)C(=C2C=C(N(CCO)CCO)CCC2)C(=O)O1. The molecule has 0 unspecified atom stereocenters. The van der Waals surface area contributed by atoms with E-state index in [9.17, 15) is 9.59 Å². The van der Waals surface area contributed by atoms with Gasteiger partial charge in [-0.1, -0.05) is 0 Å². The van der Waals surface area contributed by atoms with Crippen LogP contribution in [0.5, 0.6) is 0 Å². The quantitative estimate of drug-likeness (QED) is 0.431. The van der Waals surface area contributed by atoms with Crippen LogP contribution in [0.15, 0.2) is 22.9 Å². The van der Waals surface area contributed by atoms with Crippen LogP contribution in [0.1, 0.15) is 33.1 Å². The van der Waals surface area contributed by atoms with Crippen molar-refractivity contribution in [3.63, 3.8) is 0 Å². The van der Waals surface area contributed by atoms with Crippen molar-refractivity contribution in [2.45, 2.75) is 38.9 Å². The van der Waals surface area contributed by atoms with Crippen LogP contribution in [-0.2, 0) is 19.1 Å². The lowest BCUT2D eigenvalue weighted by molar-refractivity contribution is -0.222. The van der Waals surface area contributed by atoms with Crippen molar-refractivity contribution in [2.24, 2.45) is 0 Å². The lowest BCUT2D eigenvalue weighted by atomic mass is 9.93. The molecule has 7 heteroatoms. The Morgan fingerprint density at radius 3 is 2.17 bits per heavy atom. The molecular weight excluding hydrogens is 302 g/mol. The van der Waals surface area contributed by atoms with Crippen LogP contribution >= 0.6 is 0 Å². The molecule has 2 aliphatic rings. The van der Waals surface area contributed by atoms with Crippen LogP contribution in [-0.4, -0.2) is 59.1 Å². The van der Waals surface area contributed by atoms with E-state index in [1.165, 1.54) is 13.8 Å². The molecule has 128 valence electrons. The first-order chi connectivity index (χ1) is 10.9. The number of esters is 2. The zero-order valence-corrected chi connectivity index (χ0v) is 13.5. The van der Waals surface area contributed by atoms with E-state index >= 15 is 0 Å². The topological polar surface area (TPSA) is 96.3 Å². The van der Waals surface area contributed by atoms with Gasteiger partial charge in [0.25, 0.3) is 5.79 Å². The maximum Gasteiger partial charge on any atom is 0.349 e. The highest BCUT2D eigenvalue weighted by atomic mass is 16.7. The molecule has 0 bridgehead atoms. The number of carbonyl (C=O) groups excluding carboxylic acids is 2. The number of cyclic esters (lactones) is 2. The Morgan fingerprint density at radius 1 is 1.09 bits per heavy atom. The third kappa shape index (κ3) is 4.11. The molecule has 0 radical (unpaired) electrons. The van der Waals surface area contributed by atoms with Gasteiger partial charge in [0.05, 0.1) is 13.2 Å². The summed E-state index contributed by atoms with van der Waals surface area (Å²) in [5.41, 5.74) is 1.40. The van der Waals surface area contributed by atoms with Crippen LogP contribution < -0.4 is 0 Å². The molecule has 0 amide bonds. The maximum absolute atomic E-state index is 12.1. The minimum Gasteiger partial charge on any atom is -0.419 e. The average Bonchev–Trinajstić information content (AvgIpc) is 2.45. The van der Waals surface area contributed by atoms with E-state index in [4.69, 9.17) is 19.7 Å². The highest BCUT2D eigenvalue weighted by molar-refractivity contribution is 6.16. The summed E-state index contributed by atoms with van der Waals surface area (Å²) in [6.07, 6.45) is 3.87. The van der Waals surface area contributed by atoms with E-state index in [-0.39, 0.29) is 18.8 Å². The van der Waals surface area contributed by atoms with Crippen LogP contribution in [0.25, 0.3) is 0 Å². The largest absolute Gasteiger partial charge is 0.419 e. The molecule has 7 nitrogen and oxygen atoms in total. The Balaban J connectivity index is 2.32. The van der Waals surface area contributed by atoms with Crippen molar-refractivity contribution in [1.29, 1.82) is 0 Å². The van der Waals surface area contributed by atoms with Gasteiger partial charge in [0.15, 0.2) is 0 Å². The standard InChI is InChI=1S/C16H23NO6/c1-16(2)22-14(20)13(15(21)23-16)11-4-3-5-12(10-11)17(6-8-18)7-9-19/h10,18-19H,3-9H2,1-2H3. The summed E-state index contributed by atoms with van der Waals surface area (Å²) in [4.78, 5) is 26.1. The monoisotopic (exact) mass is 325 g/mol. The van der Waals surface area contributed by atoms with E-state index in [0.717, 1.165) is 18.5 Å². The first kappa shape index (κ1) is 17.5. The van der Waals surface area contributed by atoms with E-state index in [2.05, 4.69) is 0 Å². The van der Waals surface area contributed by atoms with Gasteiger partial charge < -0.3 is 24.6 Å². The fourth-order valence-corrected chi connectivity index (χ4v) is 2.81. The predicted octanol–water partition coefficient (Wildman–Crippen LogP) is 0.473. The van der Waals surface area contributed by atoms with Gasteiger partial charge >= 0.3 is 11.9 Å². The normalized spacial score (nSPS) is 20.8. The molecule has 0 aromatic heterocycles. The summed E-state index contributed by atoms with van der Waals surface area (Å²) in [5, 5.41) is 18.3. The lowest BCUT2D eigenvalue weighted by Gasteiger charge is -2.32. The van der Waals surface area contributed by atoms with Crippen molar-refractivity contribution < 1.29 is 29.3 Å². The molecule has 0 spiro atoms. The summed E-state index contributed by atoms with van der Waals surface area (Å²) < 4.78 is 10.3. The second-order valence-electron chi connectivity index (χ2n) is 6.00. The van der Waals surface area contributed by atoms with Gasteiger partial charge in [-0.2, -0.15) is 0 Å². The van der Waals surface area contributed by atoms with Gasteiger partial charge in [-0.3, -0.25) is 0 Å². The summed E-state index contributed by atoms with van der Waals surface area (Å²) >= 11 is 0. The summed E-state index contributed by atoms with van der Waals surface area (Å²) in [5.74, 6) is -2.59. The highest BCUT2D eigenvalue weighted by Crippen LogP contribution is 2.31. The lowest BCUT2D eigenvalue weighted by Crippen LogP contribution is -2.42. The first-order valence-corrected chi connectivity index (χ1v) is 7.75.